The highest BCUT2D eigenvalue weighted by atomic mass is 16.5. The van der Waals surface area contributed by atoms with Gasteiger partial charge >= 0.3 is 0 Å². The number of hydrogen-bond acceptors (Lipinski definition) is 3. The Balaban J connectivity index is 1.83. The summed E-state index contributed by atoms with van der Waals surface area (Å²) in [5, 5.41) is 9.34. The second-order valence-corrected chi connectivity index (χ2v) is 4.49. The molecule has 0 aromatic heterocycles. The van der Waals surface area contributed by atoms with E-state index < -0.39 is 0 Å². The number of aliphatic hydroxyl groups is 1. The lowest BCUT2D eigenvalue weighted by Crippen LogP contribution is -2.29. The predicted molar refractivity (Wildman–Crippen MR) is 57.3 cm³/mol. The third kappa shape index (κ3) is 2.18. The first-order valence-electron chi connectivity index (χ1n) is 5.81. The number of fused-ring (bicyclic) bond motifs is 2. The zero-order valence-electron chi connectivity index (χ0n) is 9.26. The van der Waals surface area contributed by atoms with Crippen LogP contribution < -0.4 is 0 Å². The summed E-state index contributed by atoms with van der Waals surface area (Å²) in [7, 11) is 1.66. The zero-order chi connectivity index (χ0) is 10.7. The lowest BCUT2D eigenvalue weighted by Gasteiger charge is -2.25. The molecule has 3 nitrogen and oxygen atoms in total. The van der Waals surface area contributed by atoms with E-state index in [2.05, 4.69) is 0 Å². The fourth-order valence-corrected chi connectivity index (χ4v) is 2.98. The molecule has 3 heteroatoms. The van der Waals surface area contributed by atoms with E-state index in [0.717, 1.165) is 19.3 Å². The van der Waals surface area contributed by atoms with Crippen LogP contribution in [-0.4, -0.2) is 31.0 Å². The van der Waals surface area contributed by atoms with Gasteiger partial charge in [-0.1, -0.05) is 0 Å². The molecule has 86 valence electrons. The molecule has 0 aliphatic carbocycles. The van der Waals surface area contributed by atoms with Gasteiger partial charge in [0.1, 0.15) is 0 Å². The molecule has 2 aliphatic heterocycles. The van der Waals surface area contributed by atoms with E-state index in [1.165, 1.54) is 6.42 Å². The van der Waals surface area contributed by atoms with Gasteiger partial charge in [-0.05, 0) is 37.7 Å². The third-order valence-corrected chi connectivity index (χ3v) is 3.70. The van der Waals surface area contributed by atoms with Crippen molar-refractivity contribution in [2.24, 2.45) is 11.8 Å². The Hall–Kier alpha value is -0.540. The molecular formula is C12H20O3. The number of aliphatic hydroxyl groups excluding tert-OH is 1. The molecule has 2 aliphatic rings. The lowest BCUT2D eigenvalue weighted by molar-refractivity contribution is 0.0785. The molecule has 2 rings (SSSR count). The number of ether oxygens (including phenoxy) is 2. The molecule has 4 unspecified atom stereocenters. The fraction of sp³-hybridized carbons (Fsp3) is 0.833. The third-order valence-electron chi connectivity index (χ3n) is 3.70. The molecule has 0 aromatic carbocycles. The van der Waals surface area contributed by atoms with Crippen LogP contribution >= 0.6 is 0 Å². The lowest BCUT2D eigenvalue weighted by atomic mass is 9.77. The van der Waals surface area contributed by atoms with Crippen molar-refractivity contribution in [2.75, 3.05) is 13.7 Å². The van der Waals surface area contributed by atoms with Gasteiger partial charge in [0.25, 0.3) is 0 Å². The van der Waals surface area contributed by atoms with Gasteiger partial charge in [-0.15, -0.1) is 0 Å². The van der Waals surface area contributed by atoms with Crippen LogP contribution in [0.4, 0.5) is 0 Å². The van der Waals surface area contributed by atoms with Crippen molar-refractivity contribution in [3.8, 4) is 0 Å². The molecule has 2 heterocycles. The average Bonchev–Trinajstić information content (AvgIpc) is 2.84. The van der Waals surface area contributed by atoms with E-state index in [-0.39, 0.29) is 6.61 Å². The van der Waals surface area contributed by atoms with Crippen LogP contribution in [0, 0.1) is 11.8 Å². The van der Waals surface area contributed by atoms with Crippen LogP contribution in [0.1, 0.15) is 25.7 Å². The SMILES string of the molecule is CO/C=C/CCC1C2CCC(O2)C1CO. The normalized spacial score (nSPS) is 39.1. The Labute approximate surface area is 91.1 Å². The Kier molecular flexibility index (Phi) is 3.65. The molecule has 0 amide bonds. The first-order valence-corrected chi connectivity index (χ1v) is 5.81. The van der Waals surface area contributed by atoms with E-state index in [4.69, 9.17) is 9.47 Å². The summed E-state index contributed by atoms with van der Waals surface area (Å²) >= 11 is 0. The van der Waals surface area contributed by atoms with E-state index in [0.29, 0.717) is 24.0 Å². The Morgan fingerprint density at radius 3 is 2.73 bits per heavy atom. The molecule has 2 saturated heterocycles. The molecule has 1 N–H and O–H groups in total. The number of rotatable bonds is 5. The van der Waals surface area contributed by atoms with Crippen LogP contribution in [0.5, 0.6) is 0 Å². The predicted octanol–water partition coefficient (Wildman–Crippen LogP) is 1.71. The average molecular weight is 212 g/mol. The van der Waals surface area contributed by atoms with Crippen molar-refractivity contribution in [3.05, 3.63) is 12.3 Å². The van der Waals surface area contributed by atoms with Crippen molar-refractivity contribution in [2.45, 2.75) is 37.9 Å². The van der Waals surface area contributed by atoms with E-state index in [9.17, 15) is 5.11 Å². The first-order chi connectivity index (χ1) is 7.36. The summed E-state index contributed by atoms with van der Waals surface area (Å²) in [6.07, 6.45) is 8.94. The monoisotopic (exact) mass is 212 g/mol. The second-order valence-electron chi connectivity index (χ2n) is 4.49. The maximum atomic E-state index is 9.34. The van der Waals surface area contributed by atoms with Crippen LogP contribution in [0.2, 0.25) is 0 Å². The Morgan fingerprint density at radius 2 is 2.07 bits per heavy atom. The number of methoxy groups -OCH3 is 1. The van der Waals surface area contributed by atoms with Crippen LogP contribution in [-0.2, 0) is 9.47 Å². The second kappa shape index (κ2) is 4.99. The molecular weight excluding hydrogens is 192 g/mol. The van der Waals surface area contributed by atoms with Gasteiger partial charge in [-0.2, -0.15) is 0 Å². The molecule has 0 radical (unpaired) electrons. The topological polar surface area (TPSA) is 38.7 Å². The summed E-state index contributed by atoms with van der Waals surface area (Å²) < 4.78 is 10.7. The van der Waals surface area contributed by atoms with Crippen LogP contribution in [0.3, 0.4) is 0 Å². The van der Waals surface area contributed by atoms with Gasteiger partial charge in [0, 0.05) is 12.5 Å². The highest BCUT2D eigenvalue weighted by molar-refractivity contribution is 4.96. The summed E-state index contributed by atoms with van der Waals surface area (Å²) in [5.41, 5.74) is 0. The van der Waals surface area contributed by atoms with Gasteiger partial charge in [0.15, 0.2) is 0 Å². The summed E-state index contributed by atoms with van der Waals surface area (Å²) in [6, 6.07) is 0. The molecule has 15 heavy (non-hydrogen) atoms. The minimum Gasteiger partial charge on any atom is -0.505 e. The van der Waals surface area contributed by atoms with E-state index in [1.54, 1.807) is 13.4 Å². The van der Waals surface area contributed by atoms with Crippen molar-refractivity contribution >= 4 is 0 Å². The van der Waals surface area contributed by atoms with Crippen molar-refractivity contribution in [3.63, 3.8) is 0 Å². The molecule has 0 aromatic rings. The number of hydrogen-bond donors (Lipinski definition) is 1. The van der Waals surface area contributed by atoms with Gasteiger partial charge in [0.2, 0.25) is 0 Å². The number of allylic oxidation sites excluding steroid dienone is 1. The first kappa shape index (κ1) is 11.0. The zero-order valence-corrected chi connectivity index (χ0v) is 9.26. The van der Waals surface area contributed by atoms with Crippen molar-refractivity contribution < 1.29 is 14.6 Å². The Morgan fingerprint density at radius 1 is 1.33 bits per heavy atom. The molecule has 4 atom stereocenters. The standard InChI is InChI=1S/C12H20O3/c1-14-7-3-2-4-9-10(8-13)12-6-5-11(9)15-12/h3,7,9-13H,2,4-6,8H2,1H3/b7-3+. The Bertz CT molecular complexity index is 227. The minimum absolute atomic E-state index is 0.278. The fourth-order valence-electron chi connectivity index (χ4n) is 2.98. The minimum atomic E-state index is 0.278. The highest BCUT2D eigenvalue weighted by Gasteiger charge is 2.47. The summed E-state index contributed by atoms with van der Waals surface area (Å²) in [4.78, 5) is 0. The largest absolute Gasteiger partial charge is 0.505 e. The molecule has 0 spiro atoms. The van der Waals surface area contributed by atoms with Gasteiger partial charge in [-0.25, -0.2) is 0 Å². The van der Waals surface area contributed by atoms with Crippen LogP contribution in [0.15, 0.2) is 12.3 Å². The van der Waals surface area contributed by atoms with Crippen LogP contribution in [0.25, 0.3) is 0 Å². The highest BCUT2D eigenvalue weighted by Crippen LogP contribution is 2.45. The van der Waals surface area contributed by atoms with Gasteiger partial charge < -0.3 is 14.6 Å². The van der Waals surface area contributed by atoms with E-state index in [1.807, 2.05) is 6.08 Å². The summed E-state index contributed by atoms with van der Waals surface area (Å²) in [5.74, 6) is 0.926. The maximum Gasteiger partial charge on any atom is 0.0784 e. The van der Waals surface area contributed by atoms with Crippen molar-refractivity contribution in [1.82, 2.24) is 0 Å². The van der Waals surface area contributed by atoms with Crippen molar-refractivity contribution in [1.29, 1.82) is 0 Å². The quantitative estimate of drug-likeness (QED) is 0.705. The summed E-state index contributed by atoms with van der Waals surface area (Å²) in [6.45, 7) is 0.278. The molecule has 2 bridgehead atoms. The van der Waals surface area contributed by atoms with Gasteiger partial charge in [-0.3, -0.25) is 0 Å². The van der Waals surface area contributed by atoms with E-state index >= 15 is 0 Å². The smallest absolute Gasteiger partial charge is 0.0784 e. The van der Waals surface area contributed by atoms with Gasteiger partial charge in [0.05, 0.1) is 25.6 Å². The molecule has 0 saturated carbocycles. The molecule has 2 fully saturated rings. The maximum absolute atomic E-state index is 9.34.